The van der Waals surface area contributed by atoms with Crippen LogP contribution in [0.2, 0.25) is 0 Å². The van der Waals surface area contributed by atoms with E-state index >= 15 is 0 Å². The van der Waals surface area contributed by atoms with Crippen molar-refractivity contribution >= 4 is 10.0 Å². The molecule has 9 heteroatoms. The van der Waals surface area contributed by atoms with Gasteiger partial charge in [0.2, 0.25) is 15.9 Å². The molecule has 3 heterocycles. The van der Waals surface area contributed by atoms with E-state index in [2.05, 4.69) is 5.16 Å². The Morgan fingerprint density at radius 1 is 1.13 bits per heavy atom. The van der Waals surface area contributed by atoms with E-state index in [1.807, 2.05) is 0 Å². The Kier molecular flexibility index (Phi) is 5.60. The van der Waals surface area contributed by atoms with Gasteiger partial charge < -0.3 is 9.26 Å². The highest BCUT2D eigenvalue weighted by Crippen LogP contribution is 2.46. The van der Waals surface area contributed by atoms with Gasteiger partial charge in [-0.2, -0.15) is 9.29 Å². The lowest BCUT2D eigenvalue weighted by Gasteiger charge is -2.40. The molecular formula is C22H28FN3O4S. The minimum absolute atomic E-state index is 0.118. The Labute approximate surface area is 182 Å². The molecule has 2 saturated heterocycles. The zero-order valence-electron chi connectivity index (χ0n) is 17.5. The molecule has 168 valence electrons. The van der Waals surface area contributed by atoms with E-state index in [0.29, 0.717) is 43.9 Å². The molecule has 2 aliphatic heterocycles. The van der Waals surface area contributed by atoms with Crippen LogP contribution < -0.4 is 0 Å². The van der Waals surface area contributed by atoms with E-state index in [9.17, 15) is 12.8 Å². The van der Waals surface area contributed by atoms with Crippen molar-refractivity contribution in [2.75, 3.05) is 26.3 Å². The number of halogens is 1. The Morgan fingerprint density at radius 3 is 2.58 bits per heavy atom. The average molecular weight is 450 g/mol. The average Bonchev–Trinajstić information content (AvgIpc) is 3.45. The maximum absolute atomic E-state index is 13.3. The predicted molar refractivity (Wildman–Crippen MR) is 111 cm³/mol. The molecule has 0 radical (unpaired) electrons. The third-order valence-electron chi connectivity index (χ3n) is 6.86. The topological polar surface area (TPSA) is 85.5 Å². The summed E-state index contributed by atoms with van der Waals surface area (Å²) < 4.78 is 52.6. The minimum atomic E-state index is -3.72. The molecule has 3 aliphatic rings. The molecule has 1 atom stereocenters. The van der Waals surface area contributed by atoms with Crippen molar-refractivity contribution in [2.24, 2.45) is 5.92 Å². The van der Waals surface area contributed by atoms with E-state index in [1.54, 1.807) is 0 Å². The molecule has 3 fully saturated rings. The van der Waals surface area contributed by atoms with E-state index in [0.717, 1.165) is 44.9 Å². The fraction of sp³-hybridized carbons (Fsp3) is 0.636. The van der Waals surface area contributed by atoms with Crippen LogP contribution in [0, 0.1) is 11.7 Å². The fourth-order valence-electron chi connectivity index (χ4n) is 4.93. The number of ether oxygens (including phenoxy) is 1. The Bertz CT molecular complexity index is 1020. The largest absolute Gasteiger partial charge is 0.381 e. The van der Waals surface area contributed by atoms with Gasteiger partial charge in [-0.05, 0) is 62.3 Å². The number of piperidine rings is 1. The molecular weight excluding hydrogens is 421 g/mol. The van der Waals surface area contributed by atoms with Crippen LogP contribution in [-0.2, 0) is 20.2 Å². The lowest BCUT2D eigenvalue weighted by atomic mass is 9.75. The highest BCUT2D eigenvalue weighted by atomic mass is 32.2. The predicted octanol–water partition coefficient (Wildman–Crippen LogP) is 3.63. The van der Waals surface area contributed by atoms with Crippen LogP contribution in [0.3, 0.4) is 0 Å². The Hall–Kier alpha value is -1.84. The SMILES string of the molecule is O=S(=O)(c1ccc(F)cc1)N1CCC[C@](CC2CC2)(c2noc(C3CCOCC3)n2)C1. The van der Waals surface area contributed by atoms with Crippen LogP contribution in [-0.4, -0.2) is 49.2 Å². The summed E-state index contributed by atoms with van der Waals surface area (Å²) in [5.74, 6) is 1.62. The number of hydrogen-bond donors (Lipinski definition) is 0. The summed E-state index contributed by atoms with van der Waals surface area (Å²) in [6.07, 6.45) is 6.49. The van der Waals surface area contributed by atoms with E-state index in [1.165, 1.54) is 28.6 Å². The van der Waals surface area contributed by atoms with Gasteiger partial charge >= 0.3 is 0 Å². The molecule has 31 heavy (non-hydrogen) atoms. The Balaban J connectivity index is 1.44. The summed E-state index contributed by atoms with van der Waals surface area (Å²) >= 11 is 0. The fourth-order valence-corrected chi connectivity index (χ4v) is 6.49. The third kappa shape index (κ3) is 4.27. The first-order valence-corrected chi connectivity index (χ1v) is 12.6. The first kappa shape index (κ1) is 21.0. The van der Waals surface area contributed by atoms with Gasteiger partial charge in [0.25, 0.3) is 0 Å². The molecule has 0 spiro atoms. The lowest BCUT2D eigenvalue weighted by Crippen LogP contribution is -2.49. The normalized spacial score (nSPS) is 26.2. The summed E-state index contributed by atoms with van der Waals surface area (Å²) in [7, 11) is -3.72. The Morgan fingerprint density at radius 2 is 1.87 bits per heavy atom. The maximum atomic E-state index is 13.3. The van der Waals surface area contributed by atoms with Gasteiger partial charge in [0, 0.05) is 37.6 Å². The van der Waals surface area contributed by atoms with Crippen LogP contribution >= 0.6 is 0 Å². The van der Waals surface area contributed by atoms with Crippen LogP contribution in [0.15, 0.2) is 33.7 Å². The van der Waals surface area contributed by atoms with Crippen LogP contribution in [0.25, 0.3) is 0 Å². The van der Waals surface area contributed by atoms with Gasteiger partial charge in [-0.25, -0.2) is 12.8 Å². The second kappa shape index (κ2) is 8.26. The quantitative estimate of drug-likeness (QED) is 0.670. The molecule has 0 unspecified atom stereocenters. The summed E-state index contributed by atoms with van der Waals surface area (Å²) in [5.41, 5.74) is -0.445. The second-order valence-corrected chi connectivity index (χ2v) is 11.1. The van der Waals surface area contributed by atoms with E-state index < -0.39 is 21.3 Å². The van der Waals surface area contributed by atoms with Crippen LogP contribution in [0.1, 0.15) is 62.6 Å². The third-order valence-corrected chi connectivity index (χ3v) is 8.72. The number of benzene rings is 1. The van der Waals surface area contributed by atoms with Gasteiger partial charge in [0.15, 0.2) is 5.82 Å². The van der Waals surface area contributed by atoms with Crippen molar-refractivity contribution in [3.8, 4) is 0 Å². The summed E-state index contributed by atoms with van der Waals surface area (Å²) in [6, 6.07) is 5.04. The van der Waals surface area contributed by atoms with Crippen LogP contribution in [0.5, 0.6) is 0 Å². The maximum Gasteiger partial charge on any atom is 0.243 e. The molecule has 1 saturated carbocycles. The second-order valence-electron chi connectivity index (χ2n) is 9.17. The van der Waals surface area contributed by atoms with Gasteiger partial charge in [-0.1, -0.05) is 18.0 Å². The van der Waals surface area contributed by atoms with Crippen molar-refractivity contribution in [1.82, 2.24) is 14.4 Å². The first-order valence-electron chi connectivity index (χ1n) is 11.1. The van der Waals surface area contributed by atoms with Gasteiger partial charge in [0.1, 0.15) is 5.82 Å². The van der Waals surface area contributed by atoms with Gasteiger partial charge in [0.05, 0.1) is 4.90 Å². The smallest absolute Gasteiger partial charge is 0.243 e. The molecule has 1 aromatic carbocycles. The van der Waals surface area contributed by atoms with E-state index in [4.69, 9.17) is 14.2 Å². The summed E-state index contributed by atoms with van der Waals surface area (Å²) in [4.78, 5) is 4.92. The molecule has 0 bridgehead atoms. The highest BCUT2D eigenvalue weighted by molar-refractivity contribution is 7.89. The minimum Gasteiger partial charge on any atom is -0.381 e. The van der Waals surface area contributed by atoms with Gasteiger partial charge in [-0.3, -0.25) is 0 Å². The molecule has 0 amide bonds. The summed E-state index contributed by atoms with van der Waals surface area (Å²) in [5, 5.41) is 4.37. The highest BCUT2D eigenvalue weighted by Gasteiger charge is 2.47. The molecule has 5 rings (SSSR count). The lowest BCUT2D eigenvalue weighted by molar-refractivity contribution is 0.0778. The van der Waals surface area contributed by atoms with E-state index in [-0.39, 0.29) is 10.8 Å². The van der Waals surface area contributed by atoms with Crippen LogP contribution in [0.4, 0.5) is 4.39 Å². The molecule has 1 aromatic heterocycles. The van der Waals surface area contributed by atoms with Gasteiger partial charge in [-0.15, -0.1) is 0 Å². The standard InChI is InChI=1S/C22H28FN3O4S/c23-18-4-6-19(7-5-18)31(27,28)26-11-1-10-22(15-26,14-16-2-3-16)21-24-20(30-25-21)17-8-12-29-13-9-17/h4-7,16-17H,1-3,8-15H2/t22-/m1/s1. The number of aromatic nitrogens is 2. The van der Waals surface area contributed by atoms with Crippen molar-refractivity contribution in [3.63, 3.8) is 0 Å². The van der Waals surface area contributed by atoms with Crippen molar-refractivity contribution in [1.29, 1.82) is 0 Å². The molecule has 0 N–H and O–H groups in total. The number of rotatable bonds is 6. The number of hydrogen-bond acceptors (Lipinski definition) is 6. The molecule has 2 aromatic rings. The zero-order valence-corrected chi connectivity index (χ0v) is 18.3. The molecule has 1 aliphatic carbocycles. The van der Waals surface area contributed by atoms with Crippen molar-refractivity contribution < 1.29 is 22.1 Å². The number of nitrogens with zero attached hydrogens (tertiary/aromatic N) is 3. The first-order chi connectivity index (χ1) is 15.0. The van der Waals surface area contributed by atoms with Crippen molar-refractivity contribution in [3.05, 3.63) is 41.8 Å². The number of sulfonamides is 1. The monoisotopic (exact) mass is 449 g/mol. The summed E-state index contributed by atoms with van der Waals surface area (Å²) in [6.45, 7) is 2.16. The molecule has 7 nitrogen and oxygen atoms in total. The zero-order chi connectivity index (χ0) is 21.5. The van der Waals surface area contributed by atoms with Crippen molar-refractivity contribution in [2.45, 2.75) is 61.2 Å².